The minimum absolute atomic E-state index is 0.205. The Morgan fingerprint density at radius 1 is 0.929 bits per heavy atom. The second-order valence-electron chi connectivity index (χ2n) is 9.22. The van der Waals surface area contributed by atoms with Crippen LogP contribution in [0.4, 0.5) is 0 Å². The van der Waals surface area contributed by atoms with Gasteiger partial charge in [0.1, 0.15) is 0 Å². The second-order valence-corrected chi connectivity index (χ2v) is 24.4. The first-order valence-electron chi connectivity index (χ1n) is 10.2. The third-order valence-electron chi connectivity index (χ3n) is 6.02. The van der Waals surface area contributed by atoms with E-state index < -0.39 is 15.4 Å². The zero-order valence-electron chi connectivity index (χ0n) is 18.6. The van der Waals surface area contributed by atoms with Crippen molar-refractivity contribution in [2.75, 3.05) is 13.2 Å². The van der Waals surface area contributed by atoms with Crippen LogP contribution in [0, 0.1) is 0 Å². The Morgan fingerprint density at radius 2 is 1.36 bits per heavy atom. The largest absolute Gasteiger partial charge is 0.462 e. The number of esters is 2. The lowest BCUT2D eigenvalue weighted by Gasteiger charge is -2.52. The number of rotatable bonds is 10. The standard InChI is InChI=1S/C21H38O5Si2/c1-17(2)19(22)24-14-9-11-21(12-10-15-25-20(23)18(3)4)13-16-27(5,6)28(7,8)26-21/h1,3,9-16H2,2,4-8H3. The predicted octanol–water partition coefficient (Wildman–Crippen LogP) is 4.94. The van der Waals surface area contributed by atoms with Crippen molar-refractivity contribution in [3.63, 3.8) is 0 Å². The highest BCUT2D eigenvalue weighted by Gasteiger charge is 2.52. The molecule has 0 bridgehead atoms. The van der Waals surface area contributed by atoms with Crippen molar-refractivity contribution in [1.82, 2.24) is 0 Å². The highest BCUT2D eigenvalue weighted by atomic mass is 29.3. The molecule has 0 radical (unpaired) electrons. The maximum absolute atomic E-state index is 11.6. The van der Waals surface area contributed by atoms with Crippen LogP contribution in [0.3, 0.4) is 0 Å². The Balaban J connectivity index is 2.69. The van der Waals surface area contributed by atoms with Gasteiger partial charge in [0.25, 0.3) is 0 Å². The van der Waals surface area contributed by atoms with Crippen molar-refractivity contribution < 1.29 is 23.5 Å². The van der Waals surface area contributed by atoms with Crippen molar-refractivity contribution >= 4 is 27.4 Å². The number of ether oxygens (including phenoxy) is 2. The molecular weight excluding hydrogens is 388 g/mol. The molecule has 0 unspecified atom stereocenters. The highest BCUT2D eigenvalue weighted by Crippen LogP contribution is 2.43. The molecule has 1 rings (SSSR count). The number of carbonyl (C=O) groups is 2. The summed E-state index contributed by atoms with van der Waals surface area (Å²) >= 11 is 0. The highest BCUT2D eigenvalue weighted by molar-refractivity contribution is 7.38. The van der Waals surface area contributed by atoms with Gasteiger partial charge in [-0.3, -0.25) is 0 Å². The molecule has 1 aliphatic rings. The quantitative estimate of drug-likeness (QED) is 0.214. The molecule has 0 atom stereocenters. The van der Waals surface area contributed by atoms with Gasteiger partial charge in [-0.1, -0.05) is 32.3 Å². The van der Waals surface area contributed by atoms with E-state index in [0.717, 1.165) is 32.1 Å². The summed E-state index contributed by atoms with van der Waals surface area (Å²) in [6.07, 6.45) is 4.26. The minimum atomic E-state index is -1.76. The summed E-state index contributed by atoms with van der Waals surface area (Å²) in [5.41, 5.74) is 0.636. The first kappa shape index (κ1) is 24.9. The van der Waals surface area contributed by atoms with Crippen molar-refractivity contribution in [3.8, 4) is 0 Å². The lowest BCUT2D eigenvalue weighted by Crippen LogP contribution is -2.65. The number of carbonyl (C=O) groups excluding carboxylic acids is 2. The zero-order valence-corrected chi connectivity index (χ0v) is 20.6. The van der Waals surface area contributed by atoms with E-state index in [-0.39, 0.29) is 17.5 Å². The van der Waals surface area contributed by atoms with Gasteiger partial charge >= 0.3 is 11.9 Å². The van der Waals surface area contributed by atoms with Crippen molar-refractivity contribution in [1.29, 1.82) is 0 Å². The van der Waals surface area contributed by atoms with Gasteiger partial charge in [-0.2, -0.15) is 0 Å². The zero-order chi connectivity index (χ0) is 21.6. The molecule has 0 spiro atoms. The van der Waals surface area contributed by atoms with Gasteiger partial charge in [-0.25, -0.2) is 9.59 Å². The van der Waals surface area contributed by atoms with Crippen molar-refractivity contribution in [2.24, 2.45) is 0 Å². The molecule has 0 amide bonds. The fraction of sp³-hybridized carbons (Fsp3) is 0.714. The summed E-state index contributed by atoms with van der Waals surface area (Å²) in [6, 6.07) is 1.25. The molecule has 0 N–H and O–H groups in total. The van der Waals surface area contributed by atoms with Gasteiger partial charge < -0.3 is 13.9 Å². The molecular formula is C21H38O5Si2. The molecule has 0 aromatic heterocycles. The lowest BCUT2D eigenvalue weighted by atomic mass is 9.89. The fourth-order valence-electron chi connectivity index (χ4n) is 3.41. The van der Waals surface area contributed by atoms with E-state index in [2.05, 4.69) is 39.3 Å². The SMILES string of the molecule is C=C(C)C(=O)OCCCC1(CCCOC(=O)C(=C)C)CC[Si](C)(C)[Si](C)(C)O1. The molecule has 1 fully saturated rings. The fourth-order valence-corrected chi connectivity index (χ4v) is 10.4. The Hall–Kier alpha value is -1.19. The van der Waals surface area contributed by atoms with E-state index in [9.17, 15) is 9.59 Å². The van der Waals surface area contributed by atoms with E-state index in [1.165, 1.54) is 6.04 Å². The maximum atomic E-state index is 11.6. The molecule has 0 saturated carbocycles. The molecule has 0 aromatic rings. The third kappa shape index (κ3) is 7.01. The van der Waals surface area contributed by atoms with Crippen LogP contribution in [-0.4, -0.2) is 46.2 Å². The number of hydrogen-bond acceptors (Lipinski definition) is 5. The van der Waals surface area contributed by atoms with Crippen LogP contribution in [0.5, 0.6) is 0 Å². The molecule has 5 nitrogen and oxygen atoms in total. The van der Waals surface area contributed by atoms with E-state index in [4.69, 9.17) is 13.9 Å². The van der Waals surface area contributed by atoms with Gasteiger partial charge in [0.15, 0.2) is 7.83 Å². The van der Waals surface area contributed by atoms with Crippen LogP contribution in [0.25, 0.3) is 0 Å². The van der Waals surface area contributed by atoms with Crippen molar-refractivity contribution in [2.45, 2.75) is 83.8 Å². The smallest absolute Gasteiger partial charge is 0.333 e. The third-order valence-corrected chi connectivity index (χ3v) is 22.6. The average molecular weight is 427 g/mol. The normalized spacial score (nSPS) is 19.5. The average Bonchev–Trinajstić information content (AvgIpc) is 2.58. The molecule has 1 saturated heterocycles. The monoisotopic (exact) mass is 426 g/mol. The topological polar surface area (TPSA) is 61.8 Å². The van der Waals surface area contributed by atoms with Gasteiger partial charge in [0.2, 0.25) is 0 Å². The first-order valence-corrected chi connectivity index (χ1v) is 17.3. The van der Waals surface area contributed by atoms with Crippen LogP contribution in [-0.2, 0) is 23.5 Å². The van der Waals surface area contributed by atoms with Crippen molar-refractivity contribution in [3.05, 3.63) is 24.3 Å². The molecule has 0 aliphatic carbocycles. The Morgan fingerprint density at radius 3 is 1.71 bits per heavy atom. The van der Waals surface area contributed by atoms with Gasteiger partial charge in [-0.05, 0) is 59.0 Å². The van der Waals surface area contributed by atoms with Crippen LogP contribution in [0.1, 0.15) is 46.0 Å². The lowest BCUT2D eigenvalue weighted by molar-refractivity contribution is -0.139. The molecule has 160 valence electrons. The number of hydrogen-bond donors (Lipinski definition) is 0. The van der Waals surface area contributed by atoms with Gasteiger partial charge in [0, 0.05) is 11.1 Å². The maximum Gasteiger partial charge on any atom is 0.333 e. The van der Waals surface area contributed by atoms with E-state index in [0.29, 0.717) is 24.4 Å². The molecule has 28 heavy (non-hydrogen) atoms. The summed E-state index contributed by atoms with van der Waals surface area (Å²) in [5.74, 6) is -0.679. The van der Waals surface area contributed by atoms with Crippen LogP contribution in [0.2, 0.25) is 32.2 Å². The Bertz CT molecular complexity index is 576. The molecule has 1 heterocycles. The molecule has 7 heteroatoms. The predicted molar refractivity (Wildman–Crippen MR) is 118 cm³/mol. The van der Waals surface area contributed by atoms with E-state index in [1.54, 1.807) is 13.8 Å². The molecule has 0 aromatic carbocycles. The van der Waals surface area contributed by atoms with Crippen LogP contribution in [0.15, 0.2) is 24.3 Å². The molecule has 1 aliphatic heterocycles. The van der Waals surface area contributed by atoms with Gasteiger partial charge in [0.05, 0.1) is 26.4 Å². The summed E-state index contributed by atoms with van der Waals surface area (Å²) in [5, 5.41) is 0. The minimum Gasteiger partial charge on any atom is -0.462 e. The summed E-state index contributed by atoms with van der Waals surface area (Å²) in [4.78, 5) is 23.2. The summed E-state index contributed by atoms with van der Waals surface area (Å²) < 4.78 is 17.4. The second kappa shape index (κ2) is 10.0. The van der Waals surface area contributed by atoms with Gasteiger partial charge in [-0.15, -0.1) is 0 Å². The summed E-state index contributed by atoms with van der Waals surface area (Å²) in [6.45, 7) is 20.8. The van der Waals surface area contributed by atoms with E-state index >= 15 is 0 Å². The van der Waals surface area contributed by atoms with Crippen LogP contribution < -0.4 is 0 Å². The Kier molecular flexibility index (Phi) is 8.90. The first-order chi connectivity index (χ1) is 12.8. The van der Waals surface area contributed by atoms with E-state index in [1.807, 2.05) is 0 Å². The summed E-state index contributed by atoms with van der Waals surface area (Å²) in [7, 11) is -3.10. The Labute approximate surface area is 172 Å². The van der Waals surface area contributed by atoms with Crippen LogP contribution >= 0.6 is 0 Å².